The van der Waals surface area contributed by atoms with Crippen molar-refractivity contribution in [2.24, 2.45) is 0 Å². The molecular weight excluding hydrogens is 691 g/mol. The molecule has 6 rings (SSSR count). The van der Waals surface area contributed by atoms with Crippen LogP contribution >= 0.6 is 27.3 Å². The van der Waals surface area contributed by atoms with Crippen LogP contribution in [0.25, 0.3) is 32.0 Å². The number of hydrogen-bond donors (Lipinski definition) is 1. The lowest BCUT2D eigenvalue weighted by molar-refractivity contribution is -0.145. The molecule has 0 aliphatic heterocycles. The molecule has 3 aromatic heterocycles. The number of rotatable bonds is 12. The zero-order valence-electron chi connectivity index (χ0n) is 24.6. The highest BCUT2D eigenvalue weighted by Crippen LogP contribution is 2.44. The largest absolute Gasteiger partial charge is 0.496 e. The molecule has 0 amide bonds. The molecule has 6 aromatic rings. The number of nitrogens with zero attached hydrogens (tertiary/aromatic N) is 4. The Morgan fingerprint density at radius 2 is 1.85 bits per heavy atom. The first-order chi connectivity index (χ1) is 22.8. The predicted octanol–water partition coefficient (Wildman–Crippen LogP) is 7.19. The quantitative estimate of drug-likeness (QED) is 0.130. The van der Waals surface area contributed by atoms with Crippen LogP contribution in [0.15, 0.2) is 89.8 Å². The molecule has 236 valence electrons. The number of carbonyl (C=O) groups excluding carboxylic acids is 1. The van der Waals surface area contributed by atoms with E-state index < -0.39 is 12.1 Å². The maximum absolute atomic E-state index is 13.5. The van der Waals surface area contributed by atoms with Crippen molar-refractivity contribution in [3.8, 4) is 39.2 Å². The second-order valence-corrected chi connectivity index (χ2v) is 11.9. The van der Waals surface area contributed by atoms with E-state index in [0.717, 1.165) is 16.0 Å². The molecule has 1 N–H and O–H groups in total. The van der Waals surface area contributed by atoms with Gasteiger partial charge in [0.25, 0.3) is 0 Å². The smallest absolute Gasteiger partial charge is 0.345 e. The molecule has 0 aliphatic rings. The number of hydrogen-bond acceptors (Lipinski definition) is 10. The first-order valence-corrected chi connectivity index (χ1v) is 15.7. The molecule has 0 aliphatic carbocycles. The molecule has 13 heteroatoms. The first kappa shape index (κ1) is 31.7. The van der Waals surface area contributed by atoms with Gasteiger partial charge in [-0.1, -0.05) is 24.3 Å². The van der Waals surface area contributed by atoms with E-state index in [9.17, 15) is 19.1 Å². The second-order valence-electron chi connectivity index (χ2n) is 10.1. The van der Waals surface area contributed by atoms with Crippen molar-refractivity contribution in [2.45, 2.75) is 19.1 Å². The number of carboxylic acids is 1. The maximum Gasteiger partial charge on any atom is 0.345 e. The van der Waals surface area contributed by atoms with Crippen LogP contribution in [0.5, 0.6) is 17.4 Å². The monoisotopic (exact) mass is 714 g/mol. The summed E-state index contributed by atoms with van der Waals surface area (Å²) in [5, 5.41) is 10.7. The average molecular weight is 716 g/mol. The Hall–Kier alpha value is -5.27. The van der Waals surface area contributed by atoms with Gasteiger partial charge in [0, 0.05) is 18.2 Å². The van der Waals surface area contributed by atoms with Gasteiger partial charge in [-0.15, -0.1) is 11.3 Å². The molecule has 3 heterocycles. The molecule has 10 nitrogen and oxygen atoms in total. The van der Waals surface area contributed by atoms with Gasteiger partial charge in [0.1, 0.15) is 41.4 Å². The maximum atomic E-state index is 13.5. The predicted molar refractivity (Wildman–Crippen MR) is 176 cm³/mol. The second kappa shape index (κ2) is 14.0. The van der Waals surface area contributed by atoms with Crippen LogP contribution in [0.4, 0.5) is 4.39 Å². The number of halogens is 2. The summed E-state index contributed by atoms with van der Waals surface area (Å²) in [6.07, 6.45) is 2.01. The minimum Gasteiger partial charge on any atom is -0.496 e. The van der Waals surface area contributed by atoms with E-state index in [1.165, 1.54) is 29.8 Å². The highest BCUT2D eigenvalue weighted by Gasteiger charge is 2.26. The van der Waals surface area contributed by atoms with Crippen LogP contribution in [-0.4, -0.2) is 50.5 Å². The van der Waals surface area contributed by atoms with Crippen molar-refractivity contribution in [3.63, 3.8) is 0 Å². The zero-order valence-corrected chi connectivity index (χ0v) is 27.0. The molecule has 47 heavy (non-hydrogen) atoms. The van der Waals surface area contributed by atoms with Gasteiger partial charge in [-0.3, -0.25) is 4.79 Å². The Bertz CT molecular complexity index is 2090. The molecular formula is C34H24BrFN4O6S. The Kier molecular flexibility index (Phi) is 9.45. The lowest BCUT2D eigenvalue weighted by atomic mass is 10.0. The van der Waals surface area contributed by atoms with E-state index in [-0.39, 0.29) is 24.7 Å². The van der Waals surface area contributed by atoms with Crippen LogP contribution in [0.3, 0.4) is 0 Å². The number of aliphatic carboxylic acids is 1. The highest BCUT2D eigenvalue weighted by atomic mass is 79.9. The van der Waals surface area contributed by atoms with Crippen molar-refractivity contribution in [1.82, 2.24) is 19.9 Å². The van der Waals surface area contributed by atoms with E-state index in [1.54, 1.807) is 49.7 Å². The third-order valence-electron chi connectivity index (χ3n) is 7.09. The van der Waals surface area contributed by atoms with Crippen molar-refractivity contribution in [3.05, 3.63) is 112 Å². The number of benzene rings is 3. The van der Waals surface area contributed by atoms with E-state index in [1.807, 2.05) is 24.3 Å². The summed E-state index contributed by atoms with van der Waals surface area (Å²) in [5.74, 6) is -0.127. The van der Waals surface area contributed by atoms with Crippen LogP contribution in [0.2, 0.25) is 0 Å². The van der Waals surface area contributed by atoms with Crippen molar-refractivity contribution in [1.29, 1.82) is 0 Å². The Morgan fingerprint density at radius 1 is 1.04 bits per heavy atom. The number of carboxylic acid groups (broad SMARTS) is 1. The van der Waals surface area contributed by atoms with E-state index in [4.69, 9.17) is 14.2 Å². The molecule has 1 atom stereocenters. The molecule has 3 aromatic carbocycles. The van der Waals surface area contributed by atoms with Gasteiger partial charge in [-0.05, 0) is 75.6 Å². The third-order valence-corrected chi connectivity index (χ3v) is 9.30. The summed E-state index contributed by atoms with van der Waals surface area (Å²) in [6.45, 7) is 0.0389. The number of aldehydes is 1. The molecule has 1 unspecified atom stereocenters. The van der Waals surface area contributed by atoms with Gasteiger partial charge < -0.3 is 19.3 Å². The van der Waals surface area contributed by atoms with E-state index >= 15 is 0 Å². The van der Waals surface area contributed by atoms with E-state index in [2.05, 4.69) is 35.9 Å². The van der Waals surface area contributed by atoms with Gasteiger partial charge >= 0.3 is 5.97 Å². The molecule has 0 bridgehead atoms. The van der Waals surface area contributed by atoms with Crippen LogP contribution in [-0.2, 0) is 17.8 Å². The lowest BCUT2D eigenvalue weighted by Crippen LogP contribution is -2.30. The van der Waals surface area contributed by atoms with Crippen LogP contribution in [0.1, 0.15) is 21.6 Å². The fraction of sp³-hybridized carbons (Fsp3) is 0.118. The van der Waals surface area contributed by atoms with Crippen molar-refractivity contribution in [2.75, 3.05) is 7.11 Å². The van der Waals surface area contributed by atoms with Gasteiger partial charge in [0.15, 0.2) is 5.82 Å². The van der Waals surface area contributed by atoms with Gasteiger partial charge in [-0.25, -0.2) is 29.1 Å². The summed E-state index contributed by atoms with van der Waals surface area (Å²) >= 11 is 4.91. The summed E-state index contributed by atoms with van der Waals surface area (Å²) < 4.78 is 31.7. The fourth-order valence-electron chi connectivity index (χ4n) is 4.82. The van der Waals surface area contributed by atoms with Crippen LogP contribution < -0.4 is 14.2 Å². The SMILES string of the molecule is COc1ccccc1-c1nccc(COc2ccc(C=O)cc2CC(Oc2ncnc3sc(-c4ccc(F)cc4)c(Br)c23)C(=O)O)n1. The number of carbonyl (C=O) groups is 2. The highest BCUT2D eigenvalue weighted by molar-refractivity contribution is 9.10. The number of methoxy groups -OCH3 is 1. The number of thiophene rings is 1. The standard InChI is InChI=1S/C34H24BrFN4O6S/c1-44-26-5-3-2-4-24(26)31-37-13-12-23(40-31)17-45-25-11-6-19(16-41)14-21(25)15-27(34(42)43)46-32-28-29(35)30(47-33(28)39-18-38-32)20-7-9-22(36)10-8-20/h2-14,16,18,27H,15,17H2,1H3,(H,42,43). The topological polar surface area (TPSA) is 134 Å². The summed E-state index contributed by atoms with van der Waals surface area (Å²) in [4.78, 5) is 43.0. The number of aromatic nitrogens is 4. The summed E-state index contributed by atoms with van der Waals surface area (Å²) in [6, 6.07) is 19.8. The van der Waals surface area contributed by atoms with Gasteiger partial charge in [0.2, 0.25) is 12.0 Å². The molecule has 0 spiro atoms. The lowest BCUT2D eigenvalue weighted by Gasteiger charge is -2.18. The third kappa shape index (κ3) is 6.95. The zero-order chi connectivity index (χ0) is 32.9. The number of fused-ring (bicyclic) bond motifs is 1. The molecule has 0 radical (unpaired) electrons. The number of ether oxygens (including phenoxy) is 3. The van der Waals surface area contributed by atoms with Crippen LogP contribution in [0, 0.1) is 5.82 Å². The summed E-state index contributed by atoms with van der Waals surface area (Å²) in [7, 11) is 1.57. The normalized spacial score (nSPS) is 11.6. The summed E-state index contributed by atoms with van der Waals surface area (Å²) in [5.41, 5.74) is 2.80. The fourth-order valence-corrected chi connectivity index (χ4v) is 6.82. The minimum atomic E-state index is -1.41. The minimum absolute atomic E-state index is 0.0389. The van der Waals surface area contributed by atoms with Crippen molar-refractivity contribution < 1.29 is 33.3 Å². The first-order valence-electron chi connectivity index (χ1n) is 14.1. The number of para-hydroxylation sites is 1. The van der Waals surface area contributed by atoms with Gasteiger partial charge in [-0.2, -0.15) is 0 Å². The molecule has 0 saturated carbocycles. The van der Waals surface area contributed by atoms with E-state index in [0.29, 0.717) is 55.1 Å². The Balaban J connectivity index is 1.26. The molecule has 0 fully saturated rings. The Labute approximate surface area is 280 Å². The Morgan fingerprint density at radius 3 is 2.62 bits per heavy atom. The van der Waals surface area contributed by atoms with Gasteiger partial charge in [0.05, 0.1) is 33.1 Å². The molecule has 0 saturated heterocycles. The van der Waals surface area contributed by atoms with Crippen molar-refractivity contribution >= 4 is 49.7 Å². The average Bonchev–Trinajstić information content (AvgIpc) is 3.44.